The van der Waals surface area contributed by atoms with Gasteiger partial charge in [-0.3, -0.25) is 28.9 Å². The zero-order valence-electron chi connectivity index (χ0n) is 16.1. The second kappa shape index (κ2) is 16.8. The van der Waals surface area contributed by atoms with Crippen LogP contribution in [-0.2, 0) is 28.9 Å². The van der Waals surface area contributed by atoms with Gasteiger partial charge in [0, 0.05) is 0 Å². The Bertz CT molecular complexity index is 460. The molecule has 4 amide bonds. The van der Waals surface area contributed by atoms with Crippen LogP contribution in [0.3, 0.4) is 0 Å². The minimum absolute atomic E-state index is 0. The first kappa shape index (κ1) is 31.6. The van der Waals surface area contributed by atoms with Crippen LogP contribution in [0.25, 0.3) is 0 Å². The van der Waals surface area contributed by atoms with E-state index in [0.29, 0.717) is 0 Å². The summed E-state index contributed by atoms with van der Waals surface area (Å²) in [5.41, 5.74) is 0. The minimum Gasteiger partial charge on any atom is -0.272 e. The highest BCUT2D eigenvalue weighted by atomic mass is 32.2. The molecule has 2 fully saturated rings. The molecule has 2 atom stereocenters. The molecule has 8 nitrogen and oxygen atoms in total. The van der Waals surface area contributed by atoms with E-state index in [1.54, 1.807) is 12.5 Å². The average Bonchev–Trinajstić information content (AvgIpc) is 3.11. The van der Waals surface area contributed by atoms with Gasteiger partial charge in [0.25, 0.3) is 23.6 Å². The highest BCUT2D eigenvalue weighted by molar-refractivity contribution is 8.00. The van der Waals surface area contributed by atoms with Gasteiger partial charge in [-0.15, -0.1) is 0 Å². The number of carbonyl (C=O) groups is 4. The molecule has 0 spiro atoms. The van der Waals surface area contributed by atoms with Gasteiger partial charge in [-0.1, -0.05) is 42.5 Å². The number of imide groups is 2. The van der Waals surface area contributed by atoms with Gasteiger partial charge >= 0.3 is 0 Å². The van der Waals surface area contributed by atoms with Crippen molar-refractivity contribution in [1.29, 1.82) is 0 Å². The Morgan fingerprint density at radius 2 is 1.04 bits per heavy atom. The standard InChI is InChI=1S/C12H16N2O6S2.2C2H6.2CH4/c1-21-7-5-9(15)13(11(7)17)19-3-4-20-14-10(16)6-8(22-2)12(14)18;2*1-2;;/h7-8H,3-6H2,1-2H3;2*1-2H3;2*1H4. The summed E-state index contributed by atoms with van der Waals surface area (Å²) >= 11 is 2.58. The molecule has 0 bridgehead atoms. The summed E-state index contributed by atoms with van der Waals surface area (Å²) in [6, 6.07) is 0. The lowest BCUT2D eigenvalue weighted by Gasteiger charge is -2.16. The van der Waals surface area contributed by atoms with Crippen molar-refractivity contribution in [2.24, 2.45) is 0 Å². The lowest BCUT2D eigenvalue weighted by atomic mass is 10.4. The zero-order chi connectivity index (χ0) is 20.3. The number of hydroxylamine groups is 4. The summed E-state index contributed by atoms with van der Waals surface area (Å²) in [4.78, 5) is 56.9. The van der Waals surface area contributed by atoms with Crippen LogP contribution in [0.4, 0.5) is 0 Å². The Labute approximate surface area is 178 Å². The van der Waals surface area contributed by atoms with Crippen molar-refractivity contribution < 1.29 is 28.9 Å². The fraction of sp³-hybridized carbons (Fsp3) is 0.778. The molecular formula is C18H36N2O6S2. The first-order valence-corrected chi connectivity index (χ1v) is 11.1. The number of carbonyl (C=O) groups excluding carboxylic acids is 4. The van der Waals surface area contributed by atoms with Crippen molar-refractivity contribution in [3.05, 3.63) is 0 Å². The molecule has 2 aliphatic heterocycles. The van der Waals surface area contributed by atoms with E-state index in [1.807, 2.05) is 27.7 Å². The Kier molecular flexibility index (Phi) is 19.0. The van der Waals surface area contributed by atoms with Crippen molar-refractivity contribution in [3.8, 4) is 0 Å². The molecule has 2 aliphatic rings. The summed E-state index contributed by atoms with van der Waals surface area (Å²) in [6.07, 6.45) is 3.71. The van der Waals surface area contributed by atoms with E-state index in [4.69, 9.17) is 9.68 Å². The van der Waals surface area contributed by atoms with Crippen molar-refractivity contribution in [3.63, 3.8) is 0 Å². The van der Waals surface area contributed by atoms with Crippen LogP contribution in [0.5, 0.6) is 0 Å². The largest absolute Gasteiger partial charge is 0.272 e. The second-order valence-corrected chi connectivity index (χ2v) is 6.66. The van der Waals surface area contributed by atoms with Crippen molar-refractivity contribution in [1.82, 2.24) is 10.1 Å². The molecule has 166 valence electrons. The quantitative estimate of drug-likeness (QED) is 0.440. The van der Waals surface area contributed by atoms with E-state index < -0.39 is 34.1 Å². The van der Waals surface area contributed by atoms with Gasteiger partial charge in [0.15, 0.2) is 0 Å². The molecule has 0 aromatic rings. The molecule has 0 saturated carbocycles. The van der Waals surface area contributed by atoms with Crippen LogP contribution in [-0.4, -0.2) is 70.0 Å². The molecule has 0 radical (unpaired) electrons. The number of nitrogens with zero attached hydrogens (tertiary/aromatic N) is 2. The summed E-state index contributed by atoms with van der Waals surface area (Å²) in [7, 11) is 0. The maximum atomic E-state index is 11.8. The Morgan fingerprint density at radius 3 is 1.25 bits per heavy atom. The summed E-state index contributed by atoms with van der Waals surface area (Å²) < 4.78 is 0. The topological polar surface area (TPSA) is 93.2 Å². The molecule has 10 heteroatoms. The van der Waals surface area contributed by atoms with Crippen LogP contribution in [0.15, 0.2) is 0 Å². The molecule has 2 saturated heterocycles. The third-order valence-corrected chi connectivity index (χ3v) is 5.09. The number of amides is 4. The van der Waals surface area contributed by atoms with Crippen molar-refractivity contribution in [2.75, 3.05) is 25.7 Å². The lowest BCUT2D eigenvalue weighted by Crippen LogP contribution is -2.35. The van der Waals surface area contributed by atoms with Crippen LogP contribution < -0.4 is 0 Å². The first-order chi connectivity index (χ1) is 12.5. The van der Waals surface area contributed by atoms with E-state index in [0.717, 1.165) is 10.1 Å². The second-order valence-electron chi connectivity index (χ2n) is 4.58. The molecule has 2 unspecified atom stereocenters. The van der Waals surface area contributed by atoms with Crippen LogP contribution in [0.1, 0.15) is 55.4 Å². The minimum atomic E-state index is -0.419. The fourth-order valence-corrected chi connectivity index (χ4v) is 3.27. The number of rotatable bonds is 7. The molecule has 28 heavy (non-hydrogen) atoms. The van der Waals surface area contributed by atoms with Crippen molar-refractivity contribution >= 4 is 47.2 Å². The van der Waals surface area contributed by atoms with E-state index in [2.05, 4.69) is 0 Å². The first-order valence-electron chi connectivity index (χ1n) is 8.54. The van der Waals surface area contributed by atoms with Gasteiger partial charge in [0.2, 0.25) is 0 Å². The Balaban J connectivity index is -0.000000978. The zero-order valence-corrected chi connectivity index (χ0v) is 17.8. The predicted molar refractivity (Wildman–Crippen MR) is 116 cm³/mol. The molecular weight excluding hydrogens is 404 g/mol. The van der Waals surface area contributed by atoms with Gasteiger partial charge in [-0.05, 0) is 12.5 Å². The number of hydrogen-bond donors (Lipinski definition) is 0. The lowest BCUT2D eigenvalue weighted by molar-refractivity contribution is -0.210. The van der Waals surface area contributed by atoms with E-state index in [-0.39, 0.29) is 40.9 Å². The molecule has 0 N–H and O–H groups in total. The van der Waals surface area contributed by atoms with E-state index >= 15 is 0 Å². The van der Waals surface area contributed by atoms with Gasteiger partial charge < -0.3 is 0 Å². The summed E-state index contributed by atoms with van der Waals surface area (Å²) in [5, 5.41) is 0.612. The van der Waals surface area contributed by atoms with Gasteiger partial charge in [0.1, 0.15) is 13.2 Å². The van der Waals surface area contributed by atoms with Crippen LogP contribution in [0.2, 0.25) is 0 Å². The summed E-state index contributed by atoms with van der Waals surface area (Å²) in [5.74, 6) is -1.60. The molecule has 0 aromatic carbocycles. The molecule has 0 aliphatic carbocycles. The highest BCUT2D eigenvalue weighted by Gasteiger charge is 2.40. The number of hydrogen-bond acceptors (Lipinski definition) is 8. The third-order valence-electron chi connectivity index (χ3n) is 3.22. The highest BCUT2D eigenvalue weighted by Crippen LogP contribution is 2.24. The van der Waals surface area contributed by atoms with Crippen LogP contribution in [0, 0.1) is 0 Å². The SMILES string of the molecule is C.C.CC.CC.CSC1CC(=O)N(OCCON2C(=O)CC(SC)C2=O)C1=O. The van der Waals surface area contributed by atoms with Gasteiger partial charge in [-0.25, -0.2) is 0 Å². The van der Waals surface area contributed by atoms with Crippen molar-refractivity contribution in [2.45, 2.75) is 65.9 Å². The Morgan fingerprint density at radius 1 is 0.750 bits per heavy atom. The van der Waals surface area contributed by atoms with Gasteiger partial charge in [-0.2, -0.15) is 33.7 Å². The predicted octanol–water partition coefficient (Wildman–Crippen LogP) is 3.16. The van der Waals surface area contributed by atoms with E-state index in [9.17, 15) is 19.2 Å². The molecule has 2 heterocycles. The number of thioether (sulfide) groups is 2. The summed E-state index contributed by atoms with van der Waals surface area (Å²) in [6.45, 7) is 7.78. The smallest absolute Gasteiger partial charge is 0.267 e. The molecule has 0 aromatic heterocycles. The molecule has 2 rings (SSSR count). The van der Waals surface area contributed by atoms with Gasteiger partial charge in [0.05, 0.1) is 23.3 Å². The maximum Gasteiger partial charge on any atom is 0.267 e. The average molecular weight is 441 g/mol. The van der Waals surface area contributed by atoms with E-state index in [1.165, 1.54) is 23.5 Å². The Hall–Kier alpha value is -1.10. The normalized spacial score (nSPS) is 20.6. The monoisotopic (exact) mass is 440 g/mol. The van der Waals surface area contributed by atoms with Crippen LogP contribution >= 0.6 is 23.5 Å². The third kappa shape index (κ3) is 8.10. The fourth-order valence-electron chi connectivity index (χ4n) is 2.06. The maximum absolute atomic E-state index is 11.8.